The second-order valence-electron chi connectivity index (χ2n) is 6.26. The summed E-state index contributed by atoms with van der Waals surface area (Å²) >= 11 is 0. The van der Waals surface area contributed by atoms with Crippen molar-refractivity contribution in [3.63, 3.8) is 0 Å². The first-order valence-corrected chi connectivity index (χ1v) is 9.22. The Kier molecular flexibility index (Phi) is 7.27. The van der Waals surface area contributed by atoms with E-state index >= 15 is 0 Å². The summed E-state index contributed by atoms with van der Waals surface area (Å²) in [5.74, 6) is 1.20. The van der Waals surface area contributed by atoms with Gasteiger partial charge in [0.2, 0.25) is 0 Å². The van der Waals surface area contributed by atoms with Gasteiger partial charge in [-0.3, -0.25) is 4.79 Å². The first-order valence-electron chi connectivity index (χ1n) is 9.22. The number of phenols is 1. The van der Waals surface area contributed by atoms with E-state index in [0.717, 1.165) is 5.56 Å². The van der Waals surface area contributed by atoms with Gasteiger partial charge in [0.25, 0.3) is 5.91 Å². The van der Waals surface area contributed by atoms with Crippen LogP contribution in [0.1, 0.15) is 11.1 Å². The molecule has 3 aromatic rings. The lowest BCUT2D eigenvalue weighted by Crippen LogP contribution is -2.24. The molecule has 0 unspecified atom stereocenters. The first-order chi connectivity index (χ1) is 14.6. The molecule has 0 saturated carbocycles. The van der Waals surface area contributed by atoms with Gasteiger partial charge in [-0.2, -0.15) is 5.10 Å². The van der Waals surface area contributed by atoms with Crippen molar-refractivity contribution in [3.8, 4) is 23.0 Å². The number of nitrogens with one attached hydrogen (secondary N) is 1. The molecule has 0 radical (unpaired) electrons. The van der Waals surface area contributed by atoms with Gasteiger partial charge in [0.1, 0.15) is 18.1 Å². The average Bonchev–Trinajstić information content (AvgIpc) is 2.78. The molecule has 154 valence electrons. The van der Waals surface area contributed by atoms with Crippen molar-refractivity contribution in [1.29, 1.82) is 0 Å². The smallest absolute Gasteiger partial charge is 0.277 e. The van der Waals surface area contributed by atoms with Crippen LogP contribution in [0.3, 0.4) is 0 Å². The number of hydrazone groups is 1. The highest BCUT2D eigenvalue weighted by molar-refractivity contribution is 5.83. The Morgan fingerprint density at radius 1 is 1.00 bits per heavy atom. The monoisotopic (exact) mass is 406 g/mol. The van der Waals surface area contributed by atoms with E-state index in [9.17, 15) is 9.90 Å². The third-order valence-corrected chi connectivity index (χ3v) is 4.05. The lowest BCUT2D eigenvalue weighted by molar-refractivity contribution is -0.123. The molecule has 3 rings (SSSR count). The normalized spacial score (nSPS) is 10.6. The predicted molar refractivity (Wildman–Crippen MR) is 113 cm³/mol. The molecule has 7 heteroatoms. The van der Waals surface area contributed by atoms with E-state index < -0.39 is 5.91 Å². The van der Waals surface area contributed by atoms with Crippen LogP contribution in [0.4, 0.5) is 0 Å². The number of hydrogen-bond acceptors (Lipinski definition) is 6. The van der Waals surface area contributed by atoms with Crippen LogP contribution in [0.15, 0.2) is 77.9 Å². The minimum atomic E-state index is -0.409. The molecule has 0 aromatic heterocycles. The molecule has 0 aliphatic heterocycles. The Bertz CT molecular complexity index is 988. The van der Waals surface area contributed by atoms with Crippen LogP contribution in [-0.4, -0.2) is 30.9 Å². The zero-order chi connectivity index (χ0) is 21.2. The van der Waals surface area contributed by atoms with E-state index in [4.69, 9.17) is 14.2 Å². The number of phenolic OH excluding ortho intramolecular Hbond substituents is 1. The molecule has 0 fully saturated rings. The number of nitrogens with zero attached hydrogens (tertiary/aromatic N) is 1. The largest absolute Gasteiger partial charge is 0.504 e. The fraction of sp³-hybridized carbons (Fsp3) is 0.130. The Balaban J connectivity index is 1.41. The number of ether oxygens (including phenoxy) is 3. The van der Waals surface area contributed by atoms with Crippen molar-refractivity contribution in [3.05, 3.63) is 83.9 Å². The Hall–Kier alpha value is -4.00. The lowest BCUT2D eigenvalue weighted by Gasteiger charge is -2.08. The summed E-state index contributed by atoms with van der Waals surface area (Å²) in [6.45, 7) is 0.294. The Labute approximate surface area is 174 Å². The molecule has 7 nitrogen and oxygen atoms in total. The maximum atomic E-state index is 11.9. The third kappa shape index (κ3) is 6.27. The van der Waals surface area contributed by atoms with Crippen LogP contribution in [0, 0.1) is 0 Å². The van der Waals surface area contributed by atoms with Crippen LogP contribution >= 0.6 is 0 Å². The summed E-state index contributed by atoms with van der Waals surface area (Å²) in [6.07, 6.45) is 1.41. The highest BCUT2D eigenvalue weighted by Gasteiger charge is 2.03. The van der Waals surface area contributed by atoms with Crippen LogP contribution in [0.25, 0.3) is 0 Å². The van der Waals surface area contributed by atoms with E-state index in [2.05, 4.69) is 10.5 Å². The van der Waals surface area contributed by atoms with E-state index in [1.54, 1.807) is 36.4 Å². The van der Waals surface area contributed by atoms with Crippen LogP contribution in [0.2, 0.25) is 0 Å². The molecule has 3 aromatic carbocycles. The summed E-state index contributed by atoms with van der Waals surface area (Å²) < 4.78 is 16.1. The van der Waals surface area contributed by atoms with Crippen molar-refractivity contribution < 1.29 is 24.1 Å². The zero-order valence-electron chi connectivity index (χ0n) is 16.4. The average molecular weight is 406 g/mol. The van der Waals surface area contributed by atoms with Crippen LogP contribution in [0.5, 0.6) is 23.0 Å². The molecule has 0 bridgehead atoms. The summed E-state index contributed by atoms with van der Waals surface area (Å²) in [6, 6.07) is 21.7. The number of methoxy groups -OCH3 is 1. The number of carbonyl (C=O) groups excluding carboxylic acids is 1. The van der Waals surface area contributed by atoms with Crippen LogP contribution < -0.4 is 19.6 Å². The van der Waals surface area contributed by atoms with Gasteiger partial charge in [-0.25, -0.2) is 5.43 Å². The van der Waals surface area contributed by atoms with Crippen molar-refractivity contribution in [2.75, 3.05) is 13.7 Å². The molecule has 0 heterocycles. The molecular weight excluding hydrogens is 384 g/mol. The number of amides is 1. The van der Waals surface area contributed by atoms with Gasteiger partial charge in [-0.15, -0.1) is 0 Å². The fourth-order valence-electron chi connectivity index (χ4n) is 2.52. The number of aromatic hydroxyl groups is 1. The van der Waals surface area contributed by atoms with Crippen molar-refractivity contribution in [2.45, 2.75) is 6.61 Å². The fourth-order valence-corrected chi connectivity index (χ4v) is 2.52. The molecule has 2 N–H and O–H groups in total. The molecule has 0 atom stereocenters. The van der Waals surface area contributed by atoms with Crippen molar-refractivity contribution in [1.82, 2.24) is 5.43 Å². The Morgan fingerprint density at radius 3 is 2.37 bits per heavy atom. The maximum absolute atomic E-state index is 11.9. The highest BCUT2D eigenvalue weighted by atomic mass is 16.5. The second kappa shape index (κ2) is 10.5. The number of rotatable bonds is 9. The zero-order valence-corrected chi connectivity index (χ0v) is 16.4. The SMILES string of the molecule is COc1ccc(/C=N/NC(=O)COc2ccc(OCc3ccccc3)cc2)cc1O. The molecule has 1 amide bonds. The first kappa shape index (κ1) is 20.7. The van der Waals surface area contributed by atoms with Gasteiger partial charge in [0.15, 0.2) is 18.1 Å². The van der Waals surface area contributed by atoms with Crippen molar-refractivity contribution >= 4 is 12.1 Å². The quantitative estimate of drug-likeness (QED) is 0.419. The minimum Gasteiger partial charge on any atom is -0.504 e. The number of benzene rings is 3. The van der Waals surface area contributed by atoms with Gasteiger partial charge in [0.05, 0.1) is 13.3 Å². The summed E-state index contributed by atoms with van der Waals surface area (Å²) in [7, 11) is 1.47. The molecule has 30 heavy (non-hydrogen) atoms. The summed E-state index contributed by atoms with van der Waals surface area (Å²) in [5, 5.41) is 13.6. The second-order valence-corrected chi connectivity index (χ2v) is 6.26. The topological polar surface area (TPSA) is 89.4 Å². The Morgan fingerprint density at radius 2 is 1.70 bits per heavy atom. The van der Waals surface area contributed by atoms with Gasteiger partial charge >= 0.3 is 0 Å². The predicted octanol–water partition coefficient (Wildman–Crippen LogP) is 3.51. The molecular formula is C23H22N2O5. The van der Waals surface area contributed by atoms with Gasteiger partial charge in [0, 0.05) is 0 Å². The van der Waals surface area contributed by atoms with E-state index in [1.807, 2.05) is 30.3 Å². The van der Waals surface area contributed by atoms with E-state index in [-0.39, 0.29) is 12.4 Å². The maximum Gasteiger partial charge on any atom is 0.277 e. The summed E-state index contributed by atoms with van der Waals surface area (Å²) in [5.41, 5.74) is 4.06. The van der Waals surface area contributed by atoms with Gasteiger partial charge in [-0.1, -0.05) is 30.3 Å². The highest BCUT2D eigenvalue weighted by Crippen LogP contribution is 2.25. The van der Waals surface area contributed by atoms with E-state index in [1.165, 1.54) is 19.4 Å². The minimum absolute atomic E-state index is 0.00713. The van der Waals surface area contributed by atoms with Crippen LogP contribution in [-0.2, 0) is 11.4 Å². The standard InChI is InChI=1S/C23H22N2O5/c1-28-22-12-7-18(13-21(22)26)14-24-25-23(27)16-30-20-10-8-19(9-11-20)29-15-17-5-3-2-4-6-17/h2-14,26H,15-16H2,1H3,(H,25,27)/b24-14+. The lowest BCUT2D eigenvalue weighted by atomic mass is 10.2. The summed E-state index contributed by atoms with van der Waals surface area (Å²) in [4.78, 5) is 11.9. The number of hydrogen-bond donors (Lipinski definition) is 2. The van der Waals surface area contributed by atoms with Crippen molar-refractivity contribution in [2.24, 2.45) is 5.10 Å². The number of carbonyl (C=O) groups is 1. The molecule has 0 aliphatic carbocycles. The third-order valence-electron chi connectivity index (χ3n) is 4.05. The molecule has 0 aliphatic rings. The van der Waals surface area contributed by atoms with Gasteiger partial charge < -0.3 is 19.3 Å². The molecule has 0 saturated heterocycles. The van der Waals surface area contributed by atoms with Gasteiger partial charge in [-0.05, 0) is 53.6 Å². The van der Waals surface area contributed by atoms with E-state index in [0.29, 0.717) is 29.4 Å². The molecule has 0 spiro atoms.